The normalized spacial score (nSPS) is 18.1. The second-order valence-corrected chi connectivity index (χ2v) is 8.94. The van der Waals surface area contributed by atoms with Crippen LogP contribution in [0.1, 0.15) is 25.7 Å². The average molecular weight is 460 g/mol. The molecule has 1 amide bonds. The monoisotopic (exact) mass is 459 g/mol. The van der Waals surface area contributed by atoms with Crippen molar-refractivity contribution in [3.8, 4) is 17.1 Å². The number of hydrogen-bond acceptors (Lipinski definition) is 6. The first-order chi connectivity index (χ1) is 15.6. The summed E-state index contributed by atoms with van der Waals surface area (Å²) < 4.78 is 13.1. The van der Waals surface area contributed by atoms with Gasteiger partial charge in [0.1, 0.15) is 5.75 Å². The predicted octanol–water partition coefficient (Wildman–Crippen LogP) is 2.97. The first-order valence-corrected chi connectivity index (χ1v) is 11.9. The Labute approximate surface area is 194 Å². The molecule has 1 aromatic heterocycles. The molecule has 2 aliphatic rings. The highest BCUT2D eigenvalue weighted by molar-refractivity contribution is 7.71. The maximum Gasteiger partial charge on any atom is 0.224 e. The molecule has 0 unspecified atom stereocenters. The first kappa shape index (κ1) is 22.9. The lowest BCUT2D eigenvalue weighted by Crippen LogP contribution is -2.41. The number of nitrogens with one attached hydrogen (secondary N) is 1. The number of morpholine rings is 1. The van der Waals surface area contributed by atoms with E-state index in [1.54, 1.807) is 7.11 Å². The topological polar surface area (TPSA) is 75.6 Å². The minimum Gasteiger partial charge on any atom is -0.497 e. The standard InChI is InChI=1S/C23H33N5O3S/c1-30-20-4-2-19(3-5-20)22-24-25-23(32)28(22)13-9-21(29)27-11-7-18(8-12-27)6-10-26-14-16-31-17-15-26/h2-5,18H,6-17H2,1H3,(H,25,32). The second kappa shape index (κ2) is 11.1. The zero-order valence-corrected chi connectivity index (χ0v) is 19.6. The van der Waals surface area contributed by atoms with Crippen LogP contribution in [-0.2, 0) is 16.1 Å². The molecule has 0 atom stereocenters. The number of H-pyrrole nitrogens is 1. The van der Waals surface area contributed by atoms with Gasteiger partial charge in [-0.1, -0.05) is 0 Å². The number of aromatic nitrogens is 3. The fourth-order valence-corrected chi connectivity index (χ4v) is 4.74. The number of likely N-dealkylation sites (tertiary alicyclic amines) is 1. The van der Waals surface area contributed by atoms with Crippen molar-refractivity contribution in [1.29, 1.82) is 0 Å². The molecule has 2 fully saturated rings. The summed E-state index contributed by atoms with van der Waals surface area (Å²) in [5.41, 5.74) is 0.937. The van der Waals surface area contributed by atoms with Gasteiger partial charge >= 0.3 is 0 Å². The highest BCUT2D eigenvalue weighted by Gasteiger charge is 2.24. The van der Waals surface area contributed by atoms with Crippen LogP contribution in [-0.4, -0.2) is 83.5 Å². The van der Waals surface area contributed by atoms with E-state index in [1.165, 1.54) is 6.42 Å². The van der Waals surface area contributed by atoms with Gasteiger partial charge in [0.15, 0.2) is 10.6 Å². The first-order valence-electron chi connectivity index (χ1n) is 11.5. The number of aromatic amines is 1. The number of carbonyl (C=O) groups excluding carboxylic acids is 1. The zero-order chi connectivity index (χ0) is 22.3. The lowest BCUT2D eigenvalue weighted by atomic mass is 9.93. The largest absolute Gasteiger partial charge is 0.497 e. The van der Waals surface area contributed by atoms with E-state index < -0.39 is 0 Å². The van der Waals surface area contributed by atoms with Crippen molar-refractivity contribution >= 4 is 18.1 Å². The van der Waals surface area contributed by atoms with Crippen LogP contribution in [0.5, 0.6) is 5.75 Å². The van der Waals surface area contributed by atoms with Gasteiger partial charge < -0.3 is 14.4 Å². The molecule has 3 heterocycles. The highest BCUT2D eigenvalue weighted by Crippen LogP contribution is 2.23. The molecule has 0 bridgehead atoms. The summed E-state index contributed by atoms with van der Waals surface area (Å²) >= 11 is 5.41. The molecule has 0 aliphatic carbocycles. The summed E-state index contributed by atoms with van der Waals surface area (Å²) in [6, 6.07) is 7.69. The van der Waals surface area contributed by atoms with Gasteiger partial charge in [-0.15, -0.1) is 0 Å². The summed E-state index contributed by atoms with van der Waals surface area (Å²) in [5, 5.41) is 7.23. The van der Waals surface area contributed by atoms with Crippen LogP contribution in [0.2, 0.25) is 0 Å². The second-order valence-electron chi connectivity index (χ2n) is 8.55. The van der Waals surface area contributed by atoms with E-state index in [1.807, 2.05) is 33.7 Å². The fourth-order valence-electron chi connectivity index (χ4n) is 4.51. The van der Waals surface area contributed by atoms with Crippen molar-refractivity contribution in [2.75, 3.05) is 53.0 Å². The molecule has 1 N–H and O–H groups in total. The lowest BCUT2D eigenvalue weighted by molar-refractivity contribution is -0.132. The van der Waals surface area contributed by atoms with E-state index in [9.17, 15) is 4.79 Å². The molecular formula is C23H33N5O3S. The van der Waals surface area contributed by atoms with Crippen LogP contribution in [0, 0.1) is 10.7 Å². The lowest BCUT2D eigenvalue weighted by Gasteiger charge is -2.34. The summed E-state index contributed by atoms with van der Waals surface area (Å²) in [6.07, 6.45) is 3.84. The van der Waals surface area contributed by atoms with Gasteiger partial charge in [0.25, 0.3) is 0 Å². The van der Waals surface area contributed by atoms with E-state index >= 15 is 0 Å². The van der Waals surface area contributed by atoms with Crippen LogP contribution < -0.4 is 4.74 Å². The van der Waals surface area contributed by atoms with Crippen LogP contribution in [0.15, 0.2) is 24.3 Å². The van der Waals surface area contributed by atoms with Crippen molar-refractivity contribution in [3.05, 3.63) is 29.0 Å². The number of nitrogens with zero attached hydrogens (tertiary/aromatic N) is 4. The number of hydrogen-bond donors (Lipinski definition) is 1. The number of amides is 1. The molecule has 2 saturated heterocycles. The number of piperidine rings is 1. The van der Waals surface area contributed by atoms with E-state index in [4.69, 9.17) is 21.7 Å². The van der Waals surface area contributed by atoms with E-state index in [0.29, 0.717) is 23.7 Å². The van der Waals surface area contributed by atoms with Gasteiger partial charge in [-0.2, -0.15) is 5.10 Å². The Kier molecular flexibility index (Phi) is 7.94. The van der Waals surface area contributed by atoms with Crippen LogP contribution in [0.4, 0.5) is 0 Å². The minimum absolute atomic E-state index is 0.195. The Morgan fingerprint density at radius 1 is 1.16 bits per heavy atom. The molecule has 0 spiro atoms. The van der Waals surface area contributed by atoms with Gasteiger partial charge in [0.05, 0.1) is 20.3 Å². The Balaban J connectivity index is 1.25. The van der Waals surface area contributed by atoms with Crippen molar-refractivity contribution in [3.63, 3.8) is 0 Å². The molecule has 1 aromatic carbocycles. The average Bonchev–Trinajstić information content (AvgIpc) is 3.22. The van der Waals surface area contributed by atoms with Gasteiger partial charge in [-0.05, 0) is 68.2 Å². The number of benzene rings is 1. The van der Waals surface area contributed by atoms with Crippen molar-refractivity contribution < 1.29 is 14.3 Å². The van der Waals surface area contributed by atoms with E-state index in [-0.39, 0.29) is 5.91 Å². The molecule has 0 saturated carbocycles. The Bertz CT molecular complexity index is 928. The van der Waals surface area contributed by atoms with Crippen molar-refractivity contribution in [1.82, 2.24) is 24.6 Å². The smallest absolute Gasteiger partial charge is 0.224 e. The van der Waals surface area contributed by atoms with Gasteiger partial charge in [-0.3, -0.25) is 19.4 Å². The van der Waals surface area contributed by atoms with Gasteiger partial charge in [0, 0.05) is 44.7 Å². The van der Waals surface area contributed by atoms with Crippen LogP contribution in [0.25, 0.3) is 11.4 Å². The Morgan fingerprint density at radius 2 is 1.88 bits per heavy atom. The molecule has 8 nitrogen and oxygen atoms in total. The zero-order valence-electron chi connectivity index (χ0n) is 18.8. The molecule has 4 rings (SSSR count). The predicted molar refractivity (Wildman–Crippen MR) is 125 cm³/mol. The van der Waals surface area contributed by atoms with Gasteiger partial charge in [0.2, 0.25) is 5.91 Å². The molecule has 174 valence electrons. The summed E-state index contributed by atoms with van der Waals surface area (Å²) in [5.74, 6) is 2.44. The Morgan fingerprint density at radius 3 is 2.56 bits per heavy atom. The number of rotatable bonds is 8. The number of ether oxygens (including phenoxy) is 2. The van der Waals surface area contributed by atoms with Crippen molar-refractivity contribution in [2.24, 2.45) is 5.92 Å². The fraction of sp³-hybridized carbons (Fsp3) is 0.609. The molecule has 2 aromatic rings. The SMILES string of the molecule is COc1ccc(-c2n[nH]c(=S)n2CCC(=O)N2CCC(CCN3CCOCC3)CC2)cc1. The number of carbonyl (C=O) groups is 1. The van der Waals surface area contributed by atoms with E-state index in [0.717, 1.165) is 75.9 Å². The summed E-state index contributed by atoms with van der Waals surface area (Å²) in [6.45, 7) is 7.19. The third-order valence-electron chi connectivity index (χ3n) is 6.58. The molecule has 32 heavy (non-hydrogen) atoms. The highest BCUT2D eigenvalue weighted by atomic mass is 32.1. The summed E-state index contributed by atoms with van der Waals surface area (Å²) in [4.78, 5) is 17.4. The van der Waals surface area contributed by atoms with Crippen molar-refractivity contribution in [2.45, 2.75) is 32.2 Å². The number of methoxy groups -OCH3 is 1. The third-order valence-corrected chi connectivity index (χ3v) is 6.89. The molecular weight excluding hydrogens is 426 g/mol. The maximum absolute atomic E-state index is 12.9. The summed E-state index contributed by atoms with van der Waals surface area (Å²) in [7, 11) is 1.64. The van der Waals surface area contributed by atoms with Gasteiger partial charge in [-0.25, -0.2) is 0 Å². The molecule has 0 radical (unpaired) electrons. The Hall–Kier alpha value is -2.23. The quantitative estimate of drug-likeness (QED) is 0.612. The third kappa shape index (κ3) is 5.76. The molecule has 2 aliphatic heterocycles. The maximum atomic E-state index is 12.9. The van der Waals surface area contributed by atoms with Crippen LogP contribution in [0.3, 0.4) is 0 Å². The molecule has 9 heteroatoms. The van der Waals surface area contributed by atoms with Crippen LogP contribution >= 0.6 is 12.2 Å². The van der Waals surface area contributed by atoms with E-state index in [2.05, 4.69) is 15.1 Å². The minimum atomic E-state index is 0.195.